The first kappa shape index (κ1) is 28.0. The van der Waals surface area contributed by atoms with E-state index in [2.05, 4.69) is 21.2 Å². The molecule has 0 aliphatic rings. The lowest BCUT2D eigenvalue weighted by Gasteiger charge is -2.24. The summed E-state index contributed by atoms with van der Waals surface area (Å²) in [5, 5.41) is 12.3. The normalized spacial score (nSPS) is 12.1. The van der Waals surface area contributed by atoms with E-state index in [-0.39, 0.29) is 32.6 Å². The number of anilines is 1. The van der Waals surface area contributed by atoms with Gasteiger partial charge in [-0.05, 0) is 42.5 Å². The molecule has 192 valence electrons. The number of carboxylic acids is 1. The van der Waals surface area contributed by atoms with Crippen molar-refractivity contribution in [2.45, 2.75) is 12.2 Å². The lowest BCUT2D eigenvalue weighted by atomic mass is 10.1. The number of amides is 1. The Morgan fingerprint density at radius 1 is 0.838 bits per heavy atom. The van der Waals surface area contributed by atoms with Crippen LogP contribution < -0.4 is 10.1 Å². The Morgan fingerprint density at radius 3 is 1.84 bits per heavy atom. The average molecular weight is 611 g/mol. The molecule has 0 unspecified atom stereocenters. The molecule has 0 saturated heterocycles. The van der Waals surface area contributed by atoms with Crippen molar-refractivity contribution in [1.29, 1.82) is 0 Å². The molecule has 37 heavy (non-hydrogen) atoms. The zero-order chi connectivity index (χ0) is 27.1. The summed E-state index contributed by atoms with van der Waals surface area (Å²) >= 11 is 15.3. The Hall–Kier alpha value is -3.60. The molecular weight excluding hydrogens is 593 g/mol. The third-order valence-electron chi connectivity index (χ3n) is 4.85. The highest BCUT2D eigenvalue weighted by molar-refractivity contribution is 9.10. The molecule has 0 radical (unpaired) electrons. The molecule has 0 heterocycles. The third kappa shape index (κ3) is 7.00. The van der Waals surface area contributed by atoms with E-state index in [0.29, 0.717) is 4.47 Å². The molecule has 3 rings (SSSR count). The molecule has 0 bridgehead atoms. The number of carboxylic acid groups (broad SMARTS) is 1. The van der Waals surface area contributed by atoms with Crippen LogP contribution in [0.3, 0.4) is 0 Å². The molecule has 0 aromatic heterocycles. The van der Waals surface area contributed by atoms with Gasteiger partial charge in [0.1, 0.15) is 5.75 Å². The van der Waals surface area contributed by atoms with Crippen molar-refractivity contribution >= 4 is 68.6 Å². The highest BCUT2D eigenvalue weighted by atomic mass is 79.9. The molecule has 12 heteroatoms. The van der Waals surface area contributed by atoms with Gasteiger partial charge in [0.25, 0.3) is 5.91 Å². The molecule has 0 spiro atoms. The van der Waals surface area contributed by atoms with Crippen LogP contribution in [0.5, 0.6) is 5.75 Å². The number of aliphatic carboxylic acids is 1. The number of carbonyl (C=O) groups excluding carboxylic acids is 3. The van der Waals surface area contributed by atoms with Crippen LogP contribution >= 0.6 is 39.1 Å². The number of esters is 2. The van der Waals surface area contributed by atoms with Crippen LogP contribution in [-0.4, -0.2) is 48.2 Å². The van der Waals surface area contributed by atoms with Crippen LogP contribution in [0.2, 0.25) is 10.0 Å². The van der Waals surface area contributed by atoms with E-state index in [1.165, 1.54) is 55.6 Å². The van der Waals surface area contributed by atoms with Crippen LogP contribution in [0.1, 0.15) is 20.7 Å². The van der Waals surface area contributed by atoms with Gasteiger partial charge >= 0.3 is 17.9 Å². The summed E-state index contributed by atoms with van der Waals surface area (Å²) in [5.41, 5.74) is -0.161. The summed E-state index contributed by atoms with van der Waals surface area (Å²) < 4.78 is 16.2. The summed E-state index contributed by atoms with van der Waals surface area (Å²) in [4.78, 5) is 51.1. The number of halogens is 3. The Balaban J connectivity index is 1.99. The highest BCUT2D eigenvalue weighted by Gasteiger charge is 2.41. The smallest absolute Gasteiger partial charge is 0.349 e. The van der Waals surface area contributed by atoms with Crippen LogP contribution in [-0.2, 0) is 19.1 Å². The Morgan fingerprint density at radius 2 is 1.35 bits per heavy atom. The topological polar surface area (TPSA) is 128 Å². The number of nitrogens with one attached hydrogen (secondary N) is 1. The minimum absolute atomic E-state index is 0.000236. The lowest BCUT2D eigenvalue weighted by molar-refractivity contribution is -0.157. The van der Waals surface area contributed by atoms with Crippen LogP contribution in [0.25, 0.3) is 0 Å². The van der Waals surface area contributed by atoms with E-state index >= 15 is 0 Å². The van der Waals surface area contributed by atoms with Gasteiger partial charge in [0, 0.05) is 4.47 Å². The van der Waals surface area contributed by atoms with E-state index in [1.807, 2.05) is 0 Å². The van der Waals surface area contributed by atoms with Gasteiger partial charge in [-0.15, -0.1) is 0 Å². The maximum atomic E-state index is 13.3. The van der Waals surface area contributed by atoms with Crippen molar-refractivity contribution in [1.82, 2.24) is 0 Å². The lowest BCUT2D eigenvalue weighted by Crippen LogP contribution is -2.48. The fourth-order valence-electron chi connectivity index (χ4n) is 3.09. The minimum Gasteiger partial charge on any atom is -0.495 e. The first-order chi connectivity index (χ1) is 17.6. The van der Waals surface area contributed by atoms with Crippen molar-refractivity contribution in [3.8, 4) is 5.75 Å². The van der Waals surface area contributed by atoms with Crippen molar-refractivity contribution < 1.29 is 38.5 Å². The van der Waals surface area contributed by atoms with Gasteiger partial charge in [0.2, 0.25) is 12.2 Å². The molecule has 3 aromatic carbocycles. The first-order valence-corrected chi connectivity index (χ1v) is 12.0. The van der Waals surface area contributed by atoms with Crippen LogP contribution in [0, 0.1) is 0 Å². The summed E-state index contributed by atoms with van der Waals surface area (Å²) in [7, 11) is 1.36. The molecule has 1 amide bonds. The second-order valence-electron chi connectivity index (χ2n) is 7.28. The SMILES string of the molecule is COc1ccc(Br)cc1NC(=O)[C@@H](OC(=O)c1ccccc1Cl)[C@H](OC(=O)c1ccccc1Cl)C(=O)O. The van der Waals surface area contributed by atoms with Gasteiger partial charge < -0.3 is 24.6 Å². The van der Waals surface area contributed by atoms with E-state index < -0.39 is 36.0 Å². The molecule has 9 nitrogen and oxygen atoms in total. The summed E-state index contributed by atoms with van der Waals surface area (Å²) in [6, 6.07) is 16.2. The Labute approximate surface area is 229 Å². The number of carbonyl (C=O) groups is 4. The zero-order valence-electron chi connectivity index (χ0n) is 18.9. The monoisotopic (exact) mass is 609 g/mol. The van der Waals surface area contributed by atoms with Crippen LogP contribution in [0.15, 0.2) is 71.2 Å². The van der Waals surface area contributed by atoms with Gasteiger partial charge in [-0.2, -0.15) is 0 Å². The van der Waals surface area contributed by atoms with Crippen molar-refractivity contribution in [3.63, 3.8) is 0 Å². The number of rotatable bonds is 9. The van der Waals surface area contributed by atoms with Gasteiger partial charge in [-0.3, -0.25) is 4.79 Å². The molecule has 0 saturated carbocycles. The maximum Gasteiger partial charge on any atom is 0.349 e. The number of hydrogen-bond donors (Lipinski definition) is 2. The Kier molecular flexibility index (Phi) is 9.51. The van der Waals surface area contributed by atoms with E-state index in [0.717, 1.165) is 0 Å². The van der Waals surface area contributed by atoms with E-state index in [1.54, 1.807) is 18.2 Å². The molecule has 2 atom stereocenters. The first-order valence-electron chi connectivity index (χ1n) is 10.4. The van der Waals surface area contributed by atoms with Gasteiger partial charge in [0.05, 0.1) is 34.0 Å². The highest BCUT2D eigenvalue weighted by Crippen LogP contribution is 2.29. The molecule has 0 fully saturated rings. The van der Waals surface area contributed by atoms with Crippen LogP contribution in [0.4, 0.5) is 5.69 Å². The van der Waals surface area contributed by atoms with Gasteiger partial charge in [-0.1, -0.05) is 63.4 Å². The molecule has 3 aromatic rings. The second kappa shape index (κ2) is 12.6. The van der Waals surface area contributed by atoms with Crippen molar-refractivity contribution in [2.24, 2.45) is 0 Å². The van der Waals surface area contributed by atoms with E-state index in [9.17, 15) is 24.3 Å². The van der Waals surface area contributed by atoms with Crippen molar-refractivity contribution in [2.75, 3.05) is 12.4 Å². The number of hydrogen-bond acceptors (Lipinski definition) is 7. The summed E-state index contributed by atoms with van der Waals surface area (Å²) in [5.74, 6) is -4.91. The van der Waals surface area contributed by atoms with Crippen molar-refractivity contribution in [3.05, 3.63) is 92.4 Å². The summed E-state index contributed by atoms with van der Waals surface area (Å²) in [6.07, 6.45) is -4.40. The fourth-order valence-corrected chi connectivity index (χ4v) is 3.87. The minimum atomic E-state index is -2.26. The molecule has 0 aliphatic heterocycles. The standard InChI is InChI=1S/C25H18BrCl2NO8/c1-35-19-11-10-13(26)12-18(19)29-22(30)20(36-24(33)14-6-2-4-8-16(14)27)21(23(31)32)37-25(34)15-7-3-5-9-17(15)28/h2-12,20-21H,1H3,(H,29,30)(H,31,32)/t20-,21-/m0/s1. The fraction of sp³-hybridized carbons (Fsp3) is 0.120. The van der Waals surface area contributed by atoms with E-state index in [4.69, 9.17) is 37.4 Å². The molecule has 2 N–H and O–H groups in total. The number of benzene rings is 3. The number of methoxy groups -OCH3 is 1. The van der Waals surface area contributed by atoms with Gasteiger partial charge in [-0.25, -0.2) is 14.4 Å². The predicted octanol–water partition coefficient (Wildman–Crippen LogP) is 5.24. The van der Waals surface area contributed by atoms with Gasteiger partial charge in [0.15, 0.2) is 0 Å². The largest absolute Gasteiger partial charge is 0.495 e. The zero-order valence-corrected chi connectivity index (χ0v) is 22.0. The maximum absolute atomic E-state index is 13.3. The molecular formula is C25H18BrCl2NO8. The second-order valence-corrected chi connectivity index (χ2v) is 9.01. The number of ether oxygens (including phenoxy) is 3. The summed E-state index contributed by atoms with van der Waals surface area (Å²) in [6.45, 7) is 0. The predicted molar refractivity (Wildman–Crippen MR) is 138 cm³/mol. The quantitative estimate of drug-likeness (QED) is 0.315. The third-order valence-corrected chi connectivity index (χ3v) is 6.00. The Bertz CT molecular complexity index is 1350. The average Bonchev–Trinajstić information content (AvgIpc) is 2.86. The molecule has 0 aliphatic carbocycles.